The zero-order chi connectivity index (χ0) is 10.8. The molecule has 0 saturated heterocycles. The van der Waals surface area contributed by atoms with Crippen LogP contribution in [0.1, 0.15) is 10.4 Å². The zero-order valence-corrected chi connectivity index (χ0v) is 8.23. The molecule has 0 atom stereocenters. The average molecular weight is 222 g/mol. The van der Waals surface area contributed by atoms with Crippen molar-refractivity contribution in [3.8, 4) is 5.69 Å². The molecule has 2 aromatic rings. The molecule has 15 heavy (non-hydrogen) atoms. The van der Waals surface area contributed by atoms with Gasteiger partial charge in [0, 0.05) is 0 Å². The van der Waals surface area contributed by atoms with Crippen LogP contribution in [0.4, 0.5) is 0 Å². The second-order valence-electron chi connectivity index (χ2n) is 2.74. The summed E-state index contributed by atoms with van der Waals surface area (Å²) in [6.07, 6.45) is 0. The van der Waals surface area contributed by atoms with Gasteiger partial charge in [-0.05, 0) is 29.6 Å². The fourth-order valence-corrected chi connectivity index (χ4v) is 1.29. The van der Waals surface area contributed by atoms with Gasteiger partial charge in [0.2, 0.25) is 4.77 Å². The minimum absolute atomic E-state index is 0.133. The van der Waals surface area contributed by atoms with Gasteiger partial charge in [-0.15, -0.1) is 0 Å². The number of aromatic carboxylic acids is 1. The van der Waals surface area contributed by atoms with Crippen molar-refractivity contribution in [3.05, 3.63) is 34.6 Å². The number of H-pyrrole nitrogens is 1. The Morgan fingerprint density at radius 1 is 1.47 bits per heavy atom. The maximum atomic E-state index is 10.9. The number of tetrazole rings is 1. The van der Waals surface area contributed by atoms with E-state index in [0.717, 1.165) is 0 Å². The highest BCUT2D eigenvalue weighted by Gasteiger charge is 2.11. The smallest absolute Gasteiger partial charge is 0.337 e. The predicted molar refractivity (Wildman–Crippen MR) is 53.5 cm³/mol. The first kappa shape index (κ1) is 9.53. The summed E-state index contributed by atoms with van der Waals surface area (Å²) >= 11 is 4.74. The van der Waals surface area contributed by atoms with Gasteiger partial charge in [0.05, 0.1) is 11.3 Å². The maximum absolute atomic E-state index is 10.9. The minimum atomic E-state index is -1.03. The lowest BCUT2D eigenvalue weighted by Gasteiger charge is -2.02. The summed E-state index contributed by atoms with van der Waals surface area (Å²) < 4.78 is 0.204. The van der Waals surface area contributed by atoms with Crippen molar-refractivity contribution in [3.63, 3.8) is 0 Å². The predicted octanol–water partition coefficient (Wildman–Crippen LogP) is 1.02. The molecule has 6 nitrogen and oxygen atoms in total. The number of nitrogens with zero attached hydrogens (tertiary/aromatic N) is 3. The molecule has 2 N–H and O–H groups in total. The Bertz CT molecular complexity index is 560. The van der Waals surface area contributed by atoms with Crippen molar-refractivity contribution in [1.29, 1.82) is 0 Å². The van der Waals surface area contributed by atoms with Gasteiger partial charge in [0.25, 0.3) is 0 Å². The summed E-state index contributed by atoms with van der Waals surface area (Å²) in [5.74, 6) is -1.03. The lowest BCUT2D eigenvalue weighted by Crippen LogP contribution is -2.07. The van der Waals surface area contributed by atoms with E-state index in [1.165, 1.54) is 10.9 Å². The molecular formula is C8H6N4O2S. The molecule has 0 aliphatic rings. The maximum Gasteiger partial charge on any atom is 0.337 e. The average Bonchev–Trinajstić information content (AvgIpc) is 2.65. The molecule has 0 radical (unpaired) electrons. The normalized spacial score (nSPS) is 10.1. The van der Waals surface area contributed by atoms with Crippen molar-refractivity contribution in [2.75, 3.05) is 0 Å². The lowest BCUT2D eigenvalue weighted by molar-refractivity contribution is 0.0696. The monoisotopic (exact) mass is 222 g/mol. The highest BCUT2D eigenvalue weighted by molar-refractivity contribution is 7.71. The molecule has 0 amide bonds. The molecule has 2 rings (SSSR count). The molecule has 76 valence electrons. The third kappa shape index (κ3) is 1.77. The summed E-state index contributed by atoms with van der Waals surface area (Å²) in [6, 6.07) is 6.44. The Labute approximate surface area is 89.2 Å². The molecule has 0 saturated carbocycles. The van der Waals surface area contributed by atoms with Crippen LogP contribution in [0.3, 0.4) is 0 Å². The first-order chi connectivity index (χ1) is 7.18. The van der Waals surface area contributed by atoms with E-state index in [1.54, 1.807) is 18.2 Å². The second kappa shape index (κ2) is 3.62. The SMILES string of the molecule is O=C(O)c1ccccc1-n1nnc(=S)[nH]1. The number of aromatic amines is 1. The number of carboxylic acids is 1. The fourth-order valence-electron chi connectivity index (χ4n) is 1.17. The molecule has 0 aliphatic heterocycles. The molecular weight excluding hydrogens is 216 g/mol. The van der Waals surface area contributed by atoms with Gasteiger partial charge in [0.15, 0.2) is 0 Å². The van der Waals surface area contributed by atoms with Crippen molar-refractivity contribution in [2.45, 2.75) is 0 Å². The molecule has 7 heteroatoms. The van der Waals surface area contributed by atoms with E-state index in [1.807, 2.05) is 0 Å². The van der Waals surface area contributed by atoms with E-state index in [4.69, 9.17) is 17.3 Å². The van der Waals surface area contributed by atoms with Crippen LogP contribution in [0.2, 0.25) is 0 Å². The molecule has 0 aliphatic carbocycles. The van der Waals surface area contributed by atoms with Crippen molar-refractivity contribution >= 4 is 18.2 Å². The van der Waals surface area contributed by atoms with Crippen molar-refractivity contribution in [2.24, 2.45) is 0 Å². The standard InChI is InChI=1S/C8H6N4O2S/c13-7(14)5-3-1-2-4-6(5)12-10-8(15)9-11-12/h1-4H,(H,10,15)(H,13,14). The number of para-hydroxylation sites is 1. The van der Waals surface area contributed by atoms with Crippen LogP contribution < -0.4 is 0 Å². The Balaban J connectivity index is 2.62. The van der Waals surface area contributed by atoms with Crippen LogP contribution in [-0.4, -0.2) is 31.3 Å². The van der Waals surface area contributed by atoms with Gasteiger partial charge < -0.3 is 5.11 Å². The van der Waals surface area contributed by atoms with Crippen LogP contribution in [0.25, 0.3) is 5.69 Å². The number of carbonyl (C=O) groups is 1. The summed E-state index contributed by atoms with van der Waals surface area (Å²) in [7, 11) is 0. The number of benzene rings is 1. The van der Waals surface area contributed by atoms with Crippen LogP contribution in [0.5, 0.6) is 0 Å². The summed E-state index contributed by atoms with van der Waals surface area (Å²) in [5.41, 5.74) is 0.530. The molecule has 0 unspecified atom stereocenters. The Morgan fingerprint density at radius 2 is 2.20 bits per heavy atom. The van der Waals surface area contributed by atoms with E-state index in [0.29, 0.717) is 5.69 Å². The number of rotatable bonds is 2. The first-order valence-electron chi connectivity index (χ1n) is 4.03. The first-order valence-corrected chi connectivity index (χ1v) is 4.44. The van der Waals surface area contributed by atoms with E-state index in [2.05, 4.69) is 15.4 Å². The Morgan fingerprint density at radius 3 is 2.80 bits per heavy atom. The molecule has 1 aromatic carbocycles. The molecule has 0 spiro atoms. The van der Waals surface area contributed by atoms with Crippen molar-refractivity contribution < 1.29 is 9.90 Å². The fraction of sp³-hybridized carbons (Fsp3) is 0. The topological polar surface area (TPSA) is 83.8 Å². The quantitative estimate of drug-likeness (QED) is 0.741. The van der Waals surface area contributed by atoms with Gasteiger partial charge in [0.1, 0.15) is 0 Å². The third-order valence-electron chi connectivity index (χ3n) is 1.79. The highest BCUT2D eigenvalue weighted by Crippen LogP contribution is 2.11. The van der Waals surface area contributed by atoms with E-state index in [9.17, 15) is 4.79 Å². The summed E-state index contributed by atoms with van der Waals surface area (Å²) in [5, 5.41) is 18.8. The zero-order valence-electron chi connectivity index (χ0n) is 7.41. The molecule has 1 aromatic heterocycles. The Hall–Kier alpha value is -2.02. The molecule has 0 fully saturated rings. The largest absolute Gasteiger partial charge is 0.478 e. The number of carboxylic acid groups (broad SMARTS) is 1. The van der Waals surface area contributed by atoms with E-state index >= 15 is 0 Å². The summed E-state index contributed by atoms with van der Waals surface area (Å²) in [4.78, 5) is 12.1. The third-order valence-corrected chi connectivity index (χ3v) is 1.96. The van der Waals surface area contributed by atoms with Crippen LogP contribution in [-0.2, 0) is 0 Å². The number of aromatic nitrogens is 4. The van der Waals surface area contributed by atoms with Gasteiger partial charge in [-0.2, -0.15) is 4.80 Å². The second-order valence-corrected chi connectivity index (χ2v) is 3.13. The number of nitrogens with one attached hydrogen (secondary N) is 1. The van der Waals surface area contributed by atoms with Gasteiger partial charge in [-0.3, -0.25) is 0 Å². The Kier molecular flexibility index (Phi) is 2.30. The van der Waals surface area contributed by atoms with Gasteiger partial charge >= 0.3 is 5.97 Å². The van der Waals surface area contributed by atoms with Gasteiger partial charge in [-0.1, -0.05) is 17.2 Å². The van der Waals surface area contributed by atoms with E-state index < -0.39 is 5.97 Å². The molecule has 0 bridgehead atoms. The number of hydrogen-bond donors (Lipinski definition) is 2. The van der Waals surface area contributed by atoms with Crippen LogP contribution in [0, 0.1) is 4.77 Å². The van der Waals surface area contributed by atoms with E-state index in [-0.39, 0.29) is 10.3 Å². The van der Waals surface area contributed by atoms with Crippen molar-refractivity contribution in [1.82, 2.24) is 20.2 Å². The lowest BCUT2D eigenvalue weighted by atomic mass is 10.2. The van der Waals surface area contributed by atoms with Gasteiger partial charge in [-0.25, -0.2) is 9.89 Å². The van der Waals surface area contributed by atoms with Crippen LogP contribution >= 0.6 is 12.2 Å². The molecule has 1 heterocycles. The van der Waals surface area contributed by atoms with Crippen LogP contribution in [0.15, 0.2) is 24.3 Å². The number of hydrogen-bond acceptors (Lipinski definition) is 4. The highest BCUT2D eigenvalue weighted by atomic mass is 32.1. The minimum Gasteiger partial charge on any atom is -0.478 e. The summed E-state index contributed by atoms with van der Waals surface area (Å²) in [6.45, 7) is 0.